The Balaban J connectivity index is 2.17. The highest BCUT2D eigenvalue weighted by Gasteiger charge is 2.20. The standard InChI is InChI=1S/C8H18N2O2/c1-10-8(11)4-7-3-2-6(9)5-12-7/h6-8,10-11H,2-5,9H2,1H3/t6?,7-,8?/m0/s1. The quantitative estimate of drug-likeness (QED) is 0.501. The molecule has 3 atom stereocenters. The molecule has 1 aliphatic heterocycles. The zero-order valence-electron chi connectivity index (χ0n) is 7.49. The Morgan fingerprint density at radius 1 is 1.67 bits per heavy atom. The highest BCUT2D eigenvalue weighted by atomic mass is 16.5. The summed E-state index contributed by atoms with van der Waals surface area (Å²) >= 11 is 0. The van der Waals surface area contributed by atoms with Gasteiger partial charge in [0.25, 0.3) is 0 Å². The lowest BCUT2D eigenvalue weighted by Crippen LogP contribution is -2.38. The molecule has 0 bridgehead atoms. The first-order chi connectivity index (χ1) is 5.72. The molecule has 0 aromatic carbocycles. The SMILES string of the molecule is CNC(O)C[C@@H]1CCC(N)CO1. The third-order valence-corrected chi connectivity index (χ3v) is 2.22. The van der Waals surface area contributed by atoms with E-state index in [0.717, 1.165) is 12.8 Å². The van der Waals surface area contributed by atoms with Crippen molar-refractivity contribution in [2.75, 3.05) is 13.7 Å². The molecule has 0 aromatic heterocycles. The van der Waals surface area contributed by atoms with Crippen LogP contribution in [0.3, 0.4) is 0 Å². The molecule has 2 unspecified atom stereocenters. The van der Waals surface area contributed by atoms with Gasteiger partial charge in [0, 0.05) is 12.5 Å². The number of nitrogens with one attached hydrogen (secondary N) is 1. The van der Waals surface area contributed by atoms with Gasteiger partial charge < -0.3 is 15.6 Å². The molecule has 0 radical (unpaired) electrons. The molecule has 4 N–H and O–H groups in total. The summed E-state index contributed by atoms with van der Waals surface area (Å²) in [5.41, 5.74) is 5.66. The van der Waals surface area contributed by atoms with Crippen molar-refractivity contribution in [2.45, 2.75) is 37.6 Å². The molecule has 1 rings (SSSR count). The Bertz CT molecular complexity index is 124. The summed E-state index contributed by atoms with van der Waals surface area (Å²) in [5.74, 6) is 0. The summed E-state index contributed by atoms with van der Waals surface area (Å²) < 4.78 is 5.44. The molecule has 0 aliphatic carbocycles. The van der Waals surface area contributed by atoms with Crippen LogP contribution in [0.25, 0.3) is 0 Å². The first-order valence-electron chi connectivity index (χ1n) is 4.45. The first kappa shape index (κ1) is 9.92. The largest absolute Gasteiger partial charge is 0.379 e. The minimum absolute atomic E-state index is 0.173. The number of ether oxygens (including phenoxy) is 1. The third kappa shape index (κ3) is 3.06. The van der Waals surface area contributed by atoms with Gasteiger partial charge in [0.15, 0.2) is 0 Å². The molecular formula is C8H18N2O2. The molecule has 4 heteroatoms. The van der Waals surface area contributed by atoms with E-state index >= 15 is 0 Å². The van der Waals surface area contributed by atoms with Gasteiger partial charge in [-0.25, -0.2) is 0 Å². The van der Waals surface area contributed by atoms with E-state index in [9.17, 15) is 5.11 Å². The number of aliphatic hydroxyl groups is 1. The Kier molecular flexibility index (Phi) is 3.94. The van der Waals surface area contributed by atoms with Crippen molar-refractivity contribution in [1.29, 1.82) is 0 Å². The van der Waals surface area contributed by atoms with Gasteiger partial charge in [0.05, 0.1) is 12.7 Å². The number of rotatable bonds is 3. The van der Waals surface area contributed by atoms with Crippen LogP contribution in [0.2, 0.25) is 0 Å². The van der Waals surface area contributed by atoms with Gasteiger partial charge in [0.1, 0.15) is 6.23 Å². The lowest BCUT2D eigenvalue weighted by molar-refractivity contribution is -0.0276. The predicted octanol–water partition coefficient (Wildman–Crippen LogP) is -0.579. The van der Waals surface area contributed by atoms with Gasteiger partial charge in [-0.1, -0.05) is 0 Å². The van der Waals surface area contributed by atoms with Crippen molar-refractivity contribution in [2.24, 2.45) is 5.73 Å². The van der Waals surface area contributed by atoms with E-state index in [2.05, 4.69) is 5.32 Å². The monoisotopic (exact) mass is 174 g/mol. The Labute approximate surface area is 73.1 Å². The zero-order chi connectivity index (χ0) is 8.97. The summed E-state index contributed by atoms with van der Waals surface area (Å²) in [6.07, 6.45) is 2.33. The van der Waals surface area contributed by atoms with Crippen LogP contribution >= 0.6 is 0 Å². The maximum absolute atomic E-state index is 9.25. The second-order valence-corrected chi connectivity index (χ2v) is 3.33. The summed E-state index contributed by atoms with van der Waals surface area (Å²) in [6.45, 7) is 0.626. The van der Waals surface area contributed by atoms with Crippen molar-refractivity contribution < 1.29 is 9.84 Å². The Hall–Kier alpha value is -0.160. The highest BCUT2D eigenvalue weighted by Crippen LogP contribution is 2.15. The molecule has 4 nitrogen and oxygen atoms in total. The predicted molar refractivity (Wildman–Crippen MR) is 46.6 cm³/mol. The maximum atomic E-state index is 9.25. The second-order valence-electron chi connectivity index (χ2n) is 3.33. The summed E-state index contributed by atoms with van der Waals surface area (Å²) in [7, 11) is 1.74. The van der Waals surface area contributed by atoms with Crippen molar-refractivity contribution in [3.05, 3.63) is 0 Å². The van der Waals surface area contributed by atoms with Crippen LogP contribution in [0.1, 0.15) is 19.3 Å². The molecule has 1 fully saturated rings. The van der Waals surface area contributed by atoms with Crippen LogP contribution in [0.15, 0.2) is 0 Å². The van der Waals surface area contributed by atoms with Crippen molar-refractivity contribution in [3.63, 3.8) is 0 Å². The molecule has 72 valence electrons. The molecular weight excluding hydrogens is 156 g/mol. The molecule has 0 saturated carbocycles. The van der Waals surface area contributed by atoms with Crippen LogP contribution in [0.5, 0.6) is 0 Å². The van der Waals surface area contributed by atoms with Crippen LogP contribution in [-0.2, 0) is 4.74 Å². The van der Waals surface area contributed by atoms with Crippen molar-refractivity contribution in [1.82, 2.24) is 5.32 Å². The van der Waals surface area contributed by atoms with E-state index in [1.807, 2.05) is 0 Å². The van der Waals surface area contributed by atoms with Crippen LogP contribution in [0.4, 0.5) is 0 Å². The van der Waals surface area contributed by atoms with Gasteiger partial charge in [-0.15, -0.1) is 0 Å². The van der Waals surface area contributed by atoms with Crippen LogP contribution < -0.4 is 11.1 Å². The lowest BCUT2D eigenvalue weighted by Gasteiger charge is -2.28. The van der Waals surface area contributed by atoms with E-state index in [1.54, 1.807) is 7.05 Å². The fourth-order valence-electron chi connectivity index (χ4n) is 1.38. The molecule has 1 aliphatic rings. The minimum Gasteiger partial charge on any atom is -0.379 e. The zero-order valence-corrected chi connectivity index (χ0v) is 7.49. The molecule has 1 heterocycles. The van der Waals surface area contributed by atoms with Crippen LogP contribution in [-0.4, -0.2) is 37.1 Å². The lowest BCUT2D eigenvalue weighted by atomic mass is 10.0. The fourth-order valence-corrected chi connectivity index (χ4v) is 1.38. The van der Waals surface area contributed by atoms with E-state index < -0.39 is 6.23 Å². The number of hydrogen-bond donors (Lipinski definition) is 3. The average Bonchev–Trinajstić information content (AvgIpc) is 2.09. The van der Waals surface area contributed by atoms with E-state index in [1.165, 1.54) is 0 Å². The summed E-state index contributed by atoms with van der Waals surface area (Å²) in [5, 5.41) is 12.0. The Morgan fingerprint density at radius 3 is 2.92 bits per heavy atom. The number of aliphatic hydroxyl groups excluding tert-OH is 1. The van der Waals surface area contributed by atoms with Gasteiger partial charge in [-0.2, -0.15) is 0 Å². The van der Waals surface area contributed by atoms with Crippen LogP contribution in [0, 0.1) is 0 Å². The highest BCUT2D eigenvalue weighted by molar-refractivity contribution is 4.73. The van der Waals surface area contributed by atoms with Crippen molar-refractivity contribution >= 4 is 0 Å². The summed E-state index contributed by atoms with van der Waals surface area (Å²) in [6, 6.07) is 0.188. The first-order valence-corrected chi connectivity index (χ1v) is 4.45. The van der Waals surface area contributed by atoms with E-state index in [0.29, 0.717) is 13.0 Å². The number of hydrogen-bond acceptors (Lipinski definition) is 4. The average molecular weight is 174 g/mol. The Morgan fingerprint density at radius 2 is 2.42 bits per heavy atom. The van der Waals surface area contributed by atoms with E-state index in [4.69, 9.17) is 10.5 Å². The normalized spacial score (nSPS) is 33.2. The molecule has 0 amide bonds. The van der Waals surface area contributed by atoms with Gasteiger partial charge in [-0.05, 0) is 19.9 Å². The van der Waals surface area contributed by atoms with Gasteiger partial charge in [0.2, 0.25) is 0 Å². The van der Waals surface area contributed by atoms with Crippen molar-refractivity contribution in [3.8, 4) is 0 Å². The second kappa shape index (κ2) is 4.77. The van der Waals surface area contributed by atoms with Gasteiger partial charge >= 0.3 is 0 Å². The fraction of sp³-hybridized carbons (Fsp3) is 1.00. The maximum Gasteiger partial charge on any atom is 0.107 e. The van der Waals surface area contributed by atoms with Gasteiger partial charge in [-0.3, -0.25) is 5.32 Å². The number of nitrogens with two attached hydrogens (primary N) is 1. The minimum atomic E-state index is -0.454. The topological polar surface area (TPSA) is 67.5 Å². The molecule has 12 heavy (non-hydrogen) atoms. The molecule has 0 aromatic rings. The summed E-state index contributed by atoms with van der Waals surface area (Å²) in [4.78, 5) is 0. The van der Waals surface area contributed by atoms with E-state index in [-0.39, 0.29) is 12.1 Å². The molecule has 1 saturated heterocycles. The third-order valence-electron chi connectivity index (χ3n) is 2.22. The molecule has 0 spiro atoms. The smallest absolute Gasteiger partial charge is 0.107 e.